The topological polar surface area (TPSA) is 77.2 Å². The van der Waals surface area contributed by atoms with Gasteiger partial charge >= 0.3 is 6.43 Å². The van der Waals surface area contributed by atoms with Crippen molar-refractivity contribution in [1.29, 1.82) is 0 Å². The third kappa shape index (κ3) is 3.24. The molecule has 0 saturated heterocycles. The smallest absolute Gasteiger partial charge is 0.314 e. The second kappa shape index (κ2) is 6.27. The Kier molecular flexibility index (Phi) is 4.06. The number of aromatic nitrogens is 4. The van der Waals surface area contributed by atoms with Gasteiger partial charge in [0.15, 0.2) is 11.6 Å². The molecule has 4 heterocycles. The van der Waals surface area contributed by atoms with Crippen molar-refractivity contribution in [2.45, 2.75) is 32.4 Å². The fourth-order valence-electron chi connectivity index (χ4n) is 2.76. The molecule has 136 valence electrons. The van der Waals surface area contributed by atoms with Crippen LogP contribution in [0.1, 0.15) is 31.2 Å². The van der Waals surface area contributed by atoms with E-state index in [0.717, 1.165) is 16.6 Å². The van der Waals surface area contributed by atoms with Crippen LogP contribution in [0.4, 0.5) is 14.6 Å². The van der Waals surface area contributed by atoms with E-state index in [1.54, 1.807) is 12.4 Å². The summed E-state index contributed by atoms with van der Waals surface area (Å²) in [4.78, 5) is 11.4. The number of anilines is 1. The third-order valence-corrected chi connectivity index (χ3v) is 4.70. The lowest BCUT2D eigenvalue weighted by Crippen LogP contribution is -2.46. The Balaban J connectivity index is 1.57. The average molecular weight is 379 g/mol. The van der Waals surface area contributed by atoms with Crippen LogP contribution < -0.4 is 9.64 Å². The van der Waals surface area contributed by atoms with E-state index in [4.69, 9.17) is 9.15 Å². The van der Waals surface area contributed by atoms with Crippen LogP contribution in [-0.2, 0) is 6.54 Å². The van der Waals surface area contributed by atoms with Crippen LogP contribution in [0.15, 0.2) is 28.9 Å². The van der Waals surface area contributed by atoms with E-state index in [1.165, 1.54) is 11.3 Å². The molecule has 0 saturated carbocycles. The molecule has 3 aromatic heterocycles. The summed E-state index contributed by atoms with van der Waals surface area (Å²) in [7, 11) is 0. The summed E-state index contributed by atoms with van der Waals surface area (Å²) < 4.78 is 36.1. The fraction of sp³-hybridized carbons (Fsp3) is 0.375. The van der Waals surface area contributed by atoms with Gasteiger partial charge in [0.2, 0.25) is 0 Å². The molecule has 0 unspecified atom stereocenters. The summed E-state index contributed by atoms with van der Waals surface area (Å²) in [5, 5.41) is 7.78. The fourth-order valence-corrected chi connectivity index (χ4v) is 3.62. The first-order valence-electron chi connectivity index (χ1n) is 7.87. The molecule has 0 aromatic carbocycles. The second-order valence-electron chi connectivity index (χ2n) is 6.41. The van der Waals surface area contributed by atoms with Gasteiger partial charge in [-0.05, 0) is 26.0 Å². The number of halogens is 2. The summed E-state index contributed by atoms with van der Waals surface area (Å²) in [6, 6.07) is 3.71. The molecule has 7 nitrogen and oxygen atoms in total. The predicted molar refractivity (Wildman–Crippen MR) is 90.4 cm³/mol. The first-order valence-corrected chi connectivity index (χ1v) is 8.68. The molecule has 0 N–H and O–H groups in total. The summed E-state index contributed by atoms with van der Waals surface area (Å²) in [6.45, 7) is 5.17. The molecule has 4 rings (SSSR count). The van der Waals surface area contributed by atoms with Gasteiger partial charge in [-0.1, -0.05) is 0 Å². The lowest BCUT2D eigenvalue weighted by molar-refractivity contribution is 0.103. The van der Waals surface area contributed by atoms with Gasteiger partial charge in [-0.2, -0.15) is 8.78 Å². The van der Waals surface area contributed by atoms with Crippen LogP contribution in [0.2, 0.25) is 0 Å². The summed E-state index contributed by atoms with van der Waals surface area (Å²) in [5.74, 6) is 0.827. The molecule has 1 aliphatic rings. The highest BCUT2D eigenvalue weighted by Crippen LogP contribution is 2.36. The van der Waals surface area contributed by atoms with Crippen LogP contribution >= 0.6 is 11.3 Å². The van der Waals surface area contributed by atoms with E-state index in [9.17, 15) is 8.78 Å². The monoisotopic (exact) mass is 379 g/mol. The van der Waals surface area contributed by atoms with Crippen LogP contribution in [0.25, 0.3) is 10.8 Å². The minimum Gasteiger partial charge on any atom is -0.482 e. The van der Waals surface area contributed by atoms with Crippen molar-refractivity contribution < 1.29 is 17.9 Å². The van der Waals surface area contributed by atoms with Crippen LogP contribution in [0.3, 0.4) is 0 Å². The number of pyridine rings is 1. The molecule has 0 atom stereocenters. The molecule has 0 aliphatic carbocycles. The van der Waals surface area contributed by atoms with Crippen molar-refractivity contribution in [3.63, 3.8) is 0 Å². The molecule has 10 heteroatoms. The van der Waals surface area contributed by atoms with Crippen LogP contribution in [0.5, 0.6) is 5.75 Å². The molecule has 0 radical (unpaired) electrons. The highest BCUT2D eigenvalue weighted by atomic mass is 32.1. The Labute approximate surface area is 151 Å². The summed E-state index contributed by atoms with van der Waals surface area (Å²) in [5.41, 5.74) is -0.366. The first kappa shape index (κ1) is 16.8. The van der Waals surface area contributed by atoms with E-state index in [1.807, 2.05) is 26.0 Å². The Hall–Kier alpha value is -2.62. The SMILES string of the molecule is CC1(C)CN(Cc2ncc(-c3nnc(C(F)F)o3)s2)c2ncccc2O1. The number of nitrogens with zero attached hydrogens (tertiary/aromatic N) is 5. The average Bonchev–Trinajstić information content (AvgIpc) is 3.22. The molecule has 0 bridgehead atoms. The van der Waals surface area contributed by atoms with Crippen LogP contribution in [0, 0.1) is 0 Å². The zero-order valence-corrected chi connectivity index (χ0v) is 14.8. The number of fused-ring (bicyclic) bond motifs is 1. The molecule has 0 spiro atoms. The number of ether oxygens (including phenoxy) is 1. The van der Waals surface area contributed by atoms with Crippen molar-refractivity contribution in [3.8, 4) is 16.5 Å². The van der Waals surface area contributed by atoms with Gasteiger partial charge in [-0.3, -0.25) is 0 Å². The zero-order chi connectivity index (χ0) is 18.3. The minimum atomic E-state index is -2.79. The Bertz CT molecular complexity index is 927. The van der Waals surface area contributed by atoms with Crippen molar-refractivity contribution >= 4 is 17.2 Å². The Morgan fingerprint density at radius 2 is 2.15 bits per heavy atom. The molecule has 3 aromatic rings. The maximum atomic E-state index is 12.6. The highest BCUT2D eigenvalue weighted by Gasteiger charge is 2.33. The summed E-state index contributed by atoms with van der Waals surface area (Å²) in [6.07, 6.45) is 0.473. The Morgan fingerprint density at radius 3 is 2.92 bits per heavy atom. The number of hydrogen-bond acceptors (Lipinski definition) is 8. The lowest BCUT2D eigenvalue weighted by Gasteiger charge is -2.39. The largest absolute Gasteiger partial charge is 0.482 e. The van der Waals surface area contributed by atoms with E-state index in [0.29, 0.717) is 18.0 Å². The van der Waals surface area contributed by atoms with Gasteiger partial charge in [-0.15, -0.1) is 21.5 Å². The van der Waals surface area contributed by atoms with Crippen LogP contribution in [-0.4, -0.2) is 32.3 Å². The maximum absolute atomic E-state index is 12.6. The molecule has 0 amide bonds. The molecule has 1 aliphatic heterocycles. The molecule has 26 heavy (non-hydrogen) atoms. The van der Waals surface area contributed by atoms with Gasteiger partial charge in [-0.25, -0.2) is 9.97 Å². The molecule has 0 fully saturated rings. The molecular formula is C16H15F2N5O2S. The first-order chi connectivity index (χ1) is 12.4. The number of alkyl halides is 2. The van der Waals surface area contributed by atoms with Gasteiger partial charge in [0, 0.05) is 6.20 Å². The second-order valence-corrected chi connectivity index (χ2v) is 7.52. The van der Waals surface area contributed by atoms with Gasteiger partial charge in [0.25, 0.3) is 11.8 Å². The minimum absolute atomic E-state index is 0.0462. The molecular weight excluding hydrogens is 364 g/mol. The van der Waals surface area contributed by atoms with Gasteiger partial charge < -0.3 is 14.1 Å². The van der Waals surface area contributed by atoms with Crippen molar-refractivity contribution in [1.82, 2.24) is 20.2 Å². The lowest BCUT2D eigenvalue weighted by atomic mass is 10.1. The number of rotatable bonds is 4. The van der Waals surface area contributed by atoms with Crippen molar-refractivity contribution in [2.75, 3.05) is 11.4 Å². The van der Waals surface area contributed by atoms with E-state index in [-0.39, 0.29) is 11.5 Å². The maximum Gasteiger partial charge on any atom is 0.314 e. The van der Waals surface area contributed by atoms with E-state index < -0.39 is 12.3 Å². The Morgan fingerprint density at radius 1 is 1.31 bits per heavy atom. The van der Waals surface area contributed by atoms with Crippen molar-refractivity contribution in [2.24, 2.45) is 0 Å². The summed E-state index contributed by atoms with van der Waals surface area (Å²) >= 11 is 1.32. The van der Waals surface area contributed by atoms with Gasteiger partial charge in [0.1, 0.15) is 15.5 Å². The zero-order valence-electron chi connectivity index (χ0n) is 14.0. The standard InChI is InChI=1S/C16H15F2N5O2S/c1-16(2)8-23(13-9(25-16)4-3-5-19-13)7-11-20-6-10(26-11)14-21-22-15(24-14)12(17)18/h3-6,12H,7-8H2,1-2H3. The normalized spacial score (nSPS) is 15.8. The van der Waals surface area contributed by atoms with Gasteiger partial charge in [0.05, 0.1) is 19.3 Å². The quantitative estimate of drug-likeness (QED) is 0.684. The number of thiazole rings is 1. The predicted octanol–water partition coefficient (Wildman–Crippen LogP) is 3.70. The van der Waals surface area contributed by atoms with Crippen molar-refractivity contribution in [3.05, 3.63) is 35.4 Å². The van der Waals surface area contributed by atoms with E-state index in [2.05, 4.69) is 25.1 Å². The highest BCUT2D eigenvalue weighted by molar-refractivity contribution is 7.15. The number of hydrogen-bond donors (Lipinski definition) is 0. The third-order valence-electron chi connectivity index (χ3n) is 3.73. The van der Waals surface area contributed by atoms with E-state index >= 15 is 0 Å².